The first-order valence-corrected chi connectivity index (χ1v) is 2.89. The fourth-order valence-corrected chi connectivity index (χ4v) is 0.490. The maximum atomic E-state index is 10.4. The molecule has 0 radical (unpaired) electrons. The van der Waals surface area contributed by atoms with Crippen molar-refractivity contribution in [2.75, 3.05) is 0 Å². The molecular weight excluding hydrogens is 139 g/mol. The van der Waals surface area contributed by atoms with Crippen molar-refractivity contribution in [2.24, 2.45) is 0 Å². The highest BCUT2D eigenvalue weighted by atomic mass is 31.0. The molecule has 0 saturated carbocycles. The molecule has 2 atom stereocenters. The van der Waals surface area contributed by atoms with Crippen LogP contribution in [0.2, 0.25) is 0 Å². The number of carbonyl (C=O) groups excluding carboxylic acids is 1. The van der Waals surface area contributed by atoms with Gasteiger partial charge in [-0.05, 0) is 0 Å². The summed E-state index contributed by atoms with van der Waals surface area (Å²) in [7, 11) is 1.77. The minimum atomic E-state index is -1.07. The Morgan fingerprint density at radius 1 is 2.00 bits per heavy atom. The topological polar surface area (TPSA) is 46.5 Å². The van der Waals surface area contributed by atoms with E-state index in [1.54, 1.807) is 9.47 Å². The first kappa shape index (κ1) is 8.60. The van der Waals surface area contributed by atoms with Crippen LogP contribution in [0.25, 0.3) is 0 Å². The van der Waals surface area contributed by atoms with Crippen LogP contribution < -0.4 is 0 Å². The number of carbonyl (C=O) groups is 1. The van der Waals surface area contributed by atoms with Crippen LogP contribution in [0.4, 0.5) is 0 Å². The van der Waals surface area contributed by atoms with Crippen molar-refractivity contribution in [3.05, 3.63) is 12.7 Å². The Morgan fingerprint density at radius 2 is 2.56 bits per heavy atom. The van der Waals surface area contributed by atoms with Gasteiger partial charge in [-0.1, -0.05) is 6.08 Å². The summed E-state index contributed by atoms with van der Waals surface area (Å²) in [4.78, 5) is 10.4. The van der Waals surface area contributed by atoms with Gasteiger partial charge in [0.25, 0.3) is 0 Å². The number of aliphatic hydroxyl groups excluding tert-OH is 1. The molecule has 0 aliphatic rings. The van der Waals surface area contributed by atoms with Crippen molar-refractivity contribution >= 4 is 15.4 Å². The lowest BCUT2D eigenvalue weighted by Crippen LogP contribution is -2.18. The molecule has 0 aromatic carbocycles. The summed E-state index contributed by atoms with van der Waals surface area (Å²) in [5.74, 6) is -0.653. The van der Waals surface area contributed by atoms with Gasteiger partial charge in [0.05, 0.1) is 9.47 Å². The zero-order chi connectivity index (χ0) is 7.28. The lowest BCUT2D eigenvalue weighted by molar-refractivity contribution is -0.142. The van der Waals surface area contributed by atoms with Gasteiger partial charge in [0.2, 0.25) is 0 Å². The molecule has 0 saturated heterocycles. The van der Waals surface area contributed by atoms with E-state index in [0.717, 1.165) is 0 Å². The summed E-state index contributed by atoms with van der Waals surface area (Å²) < 4.78 is 4.14. The van der Waals surface area contributed by atoms with Crippen molar-refractivity contribution in [1.29, 1.82) is 0 Å². The van der Waals surface area contributed by atoms with Gasteiger partial charge in [-0.25, -0.2) is 4.79 Å². The monoisotopic (exact) mass is 148 g/mol. The van der Waals surface area contributed by atoms with Crippen LogP contribution in [0.3, 0.4) is 0 Å². The lowest BCUT2D eigenvalue weighted by atomic mass is 10.2. The summed E-state index contributed by atoms with van der Waals surface area (Å²) in [6.07, 6.45) is 0.611. The molecule has 0 bridgehead atoms. The summed E-state index contributed by atoms with van der Waals surface area (Å²) in [6.45, 7) is 3.34. The Labute approximate surface area is 56.0 Å². The summed E-state index contributed by atoms with van der Waals surface area (Å²) in [6, 6.07) is 0. The second kappa shape index (κ2) is 4.48. The second-order valence-corrected chi connectivity index (χ2v) is 1.71. The number of hydrogen-bond donors (Lipinski definition) is 1. The van der Waals surface area contributed by atoms with Gasteiger partial charge in [-0.15, -0.1) is 6.58 Å². The average Bonchev–Trinajstić information content (AvgIpc) is 1.87. The van der Waals surface area contributed by atoms with Crippen LogP contribution in [0.5, 0.6) is 0 Å². The second-order valence-electron chi connectivity index (χ2n) is 1.48. The third-order valence-electron chi connectivity index (χ3n) is 0.778. The maximum Gasteiger partial charge on any atom is 0.337 e. The summed E-state index contributed by atoms with van der Waals surface area (Å²) in [5, 5.41) is 8.76. The molecule has 0 aromatic heterocycles. The zero-order valence-corrected chi connectivity index (χ0v) is 6.06. The van der Waals surface area contributed by atoms with Crippen LogP contribution in [-0.2, 0) is 9.32 Å². The van der Waals surface area contributed by atoms with Gasteiger partial charge >= 0.3 is 5.97 Å². The van der Waals surface area contributed by atoms with E-state index in [0.29, 0.717) is 0 Å². The van der Waals surface area contributed by atoms with Crippen LogP contribution in [0.15, 0.2) is 12.7 Å². The molecule has 2 unspecified atom stereocenters. The minimum Gasteiger partial charge on any atom is -0.450 e. The molecule has 4 heteroatoms. The van der Waals surface area contributed by atoms with Crippen LogP contribution >= 0.6 is 9.47 Å². The maximum absolute atomic E-state index is 10.4. The summed E-state index contributed by atoms with van der Waals surface area (Å²) in [5.41, 5.74) is 0. The molecule has 0 fully saturated rings. The molecule has 0 aliphatic carbocycles. The van der Waals surface area contributed by atoms with E-state index < -0.39 is 12.1 Å². The molecule has 0 spiro atoms. The fraction of sp³-hybridized carbons (Fsp3) is 0.400. The highest BCUT2D eigenvalue weighted by Crippen LogP contribution is 1.97. The summed E-state index contributed by atoms with van der Waals surface area (Å²) >= 11 is 0. The molecular formula is C5H9O3P. The molecule has 0 rings (SSSR count). The Bertz CT molecular complexity index is 113. The Morgan fingerprint density at radius 3 is 2.89 bits per heavy atom. The smallest absolute Gasteiger partial charge is 0.337 e. The van der Waals surface area contributed by atoms with Gasteiger partial charge in [0, 0.05) is 6.42 Å². The predicted molar refractivity (Wildman–Crippen MR) is 36.6 cm³/mol. The molecule has 3 nitrogen and oxygen atoms in total. The van der Waals surface area contributed by atoms with Gasteiger partial charge in [-0.2, -0.15) is 0 Å². The first-order valence-electron chi connectivity index (χ1n) is 2.42. The Balaban J connectivity index is 3.58. The van der Waals surface area contributed by atoms with E-state index in [-0.39, 0.29) is 6.42 Å². The number of hydrogen-bond acceptors (Lipinski definition) is 3. The number of rotatable bonds is 3. The highest BCUT2D eigenvalue weighted by molar-refractivity contribution is 7.10. The Kier molecular flexibility index (Phi) is 4.28. The number of aliphatic hydroxyl groups is 1. The third kappa shape index (κ3) is 3.22. The van der Waals surface area contributed by atoms with Crippen LogP contribution in [-0.4, -0.2) is 17.2 Å². The van der Waals surface area contributed by atoms with E-state index in [1.165, 1.54) is 6.08 Å². The van der Waals surface area contributed by atoms with Gasteiger partial charge in [0.1, 0.15) is 0 Å². The molecule has 0 aromatic rings. The first-order chi connectivity index (χ1) is 4.22. The van der Waals surface area contributed by atoms with Crippen molar-refractivity contribution < 1.29 is 14.4 Å². The van der Waals surface area contributed by atoms with E-state index in [4.69, 9.17) is 5.11 Å². The van der Waals surface area contributed by atoms with Crippen molar-refractivity contribution in [3.63, 3.8) is 0 Å². The van der Waals surface area contributed by atoms with Crippen LogP contribution in [0.1, 0.15) is 6.42 Å². The van der Waals surface area contributed by atoms with Gasteiger partial charge < -0.3 is 9.63 Å². The molecule has 0 heterocycles. The van der Waals surface area contributed by atoms with E-state index in [2.05, 4.69) is 11.1 Å². The highest BCUT2D eigenvalue weighted by Gasteiger charge is 2.11. The zero-order valence-electron chi connectivity index (χ0n) is 4.91. The molecule has 9 heavy (non-hydrogen) atoms. The molecule has 0 amide bonds. The van der Waals surface area contributed by atoms with Crippen LogP contribution in [0, 0.1) is 0 Å². The average molecular weight is 148 g/mol. The van der Waals surface area contributed by atoms with Crippen molar-refractivity contribution in [3.8, 4) is 0 Å². The molecule has 0 aliphatic heterocycles. The SMILES string of the molecule is C=CCC(O)C(=O)OP. The molecule has 1 N–H and O–H groups in total. The third-order valence-corrected chi connectivity index (χ3v) is 1.01. The predicted octanol–water partition coefficient (Wildman–Crippen LogP) is 0.257. The van der Waals surface area contributed by atoms with E-state index >= 15 is 0 Å². The van der Waals surface area contributed by atoms with Crippen molar-refractivity contribution in [1.82, 2.24) is 0 Å². The van der Waals surface area contributed by atoms with E-state index in [1.807, 2.05) is 0 Å². The molecule has 52 valence electrons. The quantitative estimate of drug-likeness (QED) is 0.461. The van der Waals surface area contributed by atoms with Gasteiger partial charge in [-0.3, -0.25) is 0 Å². The van der Waals surface area contributed by atoms with Gasteiger partial charge in [0.15, 0.2) is 6.10 Å². The minimum absolute atomic E-state index is 0.229. The Hall–Kier alpha value is -0.400. The fourth-order valence-electron chi connectivity index (χ4n) is 0.333. The van der Waals surface area contributed by atoms with Crippen molar-refractivity contribution in [2.45, 2.75) is 12.5 Å². The lowest BCUT2D eigenvalue weighted by Gasteiger charge is -2.02. The van der Waals surface area contributed by atoms with E-state index in [9.17, 15) is 4.79 Å². The largest absolute Gasteiger partial charge is 0.450 e. The normalized spacial score (nSPS) is 12.2. The standard InChI is InChI=1S/C5H9O3P/c1-2-3-4(6)5(7)8-9/h2,4,6H,1,3,9H2.